The normalized spacial score (nSPS) is 15.2. The molecule has 1 aliphatic heterocycles. The van der Waals surface area contributed by atoms with Gasteiger partial charge in [-0.2, -0.15) is 0 Å². The molecule has 10 heteroatoms. The van der Waals surface area contributed by atoms with Crippen molar-refractivity contribution in [2.45, 2.75) is 39.7 Å². The first kappa shape index (κ1) is 41.5. The van der Waals surface area contributed by atoms with Gasteiger partial charge >= 0.3 is 0 Å². The molecule has 0 spiro atoms. The molecule has 10 nitrogen and oxygen atoms in total. The fraction of sp³-hybridized carbons (Fsp3) is 0.357. The molecule has 1 atom stereocenters. The van der Waals surface area contributed by atoms with E-state index in [0.29, 0.717) is 33.0 Å². The third-order valence-corrected chi connectivity index (χ3v) is 7.18. The first-order chi connectivity index (χ1) is 25.6. The molecule has 52 heavy (non-hydrogen) atoms. The Morgan fingerprint density at radius 2 is 1.21 bits per heavy atom. The summed E-state index contributed by atoms with van der Waals surface area (Å²) in [6.07, 6.45) is 14.9. The quantitative estimate of drug-likeness (QED) is 0.0612. The molecule has 1 N–H and O–H groups in total. The highest BCUT2D eigenvalue weighted by molar-refractivity contribution is 5.93. The molecule has 0 aromatic heterocycles. The number of hydrogen-bond donors (Lipinski definition) is 1. The molecule has 0 bridgehead atoms. The van der Waals surface area contributed by atoms with E-state index in [1.807, 2.05) is 106 Å². The molecular weight excluding hydrogens is 658 g/mol. The monoisotopic (exact) mass is 711 g/mol. The Labute approximate surface area is 308 Å². The number of benzene rings is 3. The molecule has 278 valence electrons. The maximum Gasteiger partial charge on any atom is 0.119 e. The third-order valence-electron chi connectivity index (χ3n) is 7.18. The molecule has 2 aliphatic rings. The van der Waals surface area contributed by atoms with Crippen molar-refractivity contribution in [1.82, 2.24) is 0 Å². The molecule has 3 aromatic rings. The average Bonchev–Trinajstić information content (AvgIpc) is 4.02. The van der Waals surface area contributed by atoms with Crippen LogP contribution in [-0.2, 0) is 18.9 Å². The largest absolute Gasteiger partial charge is 0.496 e. The van der Waals surface area contributed by atoms with Crippen LogP contribution in [0.2, 0.25) is 0 Å². The van der Waals surface area contributed by atoms with Crippen LogP contribution in [0.5, 0.6) is 11.5 Å². The van der Waals surface area contributed by atoms with E-state index in [1.54, 1.807) is 26.4 Å². The van der Waals surface area contributed by atoms with E-state index in [0.717, 1.165) is 70.5 Å². The van der Waals surface area contributed by atoms with Crippen molar-refractivity contribution in [2.24, 2.45) is 15.0 Å². The smallest absolute Gasteiger partial charge is 0.119 e. The van der Waals surface area contributed by atoms with Gasteiger partial charge in [-0.15, -0.1) is 0 Å². The van der Waals surface area contributed by atoms with Crippen LogP contribution in [-0.4, -0.2) is 90.3 Å². The Morgan fingerprint density at radius 1 is 0.692 bits per heavy atom. The molecule has 5 rings (SSSR count). The lowest BCUT2D eigenvalue weighted by Gasteiger charge is -2.13. The SMILES string of the molecule is C/C=C\CO.CC.COCCOC1=CC=C(N=Cc2cc(C=Nc3ccc(OCCOC)cc3)cc(C=Nc3ccc(OCC4CO4)cc3)c2)CC1. The van der Waals surface area contributed by atoms with Gasteiger partial charge in [0.15, 0.2) is 0 Å². The standard InChI is InChI=1S/C36H39N3O6.C4H8O.C2H6/c1-40-15-17-42-33-9-3-30(4-10-33)37-22-27-19-28(23-38-31-5-11-34(12-6-31)43-18-16-41-2)21-29(20-27)24-39-32-7-13-35(14-8-32)44-25-36-26-45-36;1-2-3-4-5;1-2/h3-5,7-11,13-14,19-24,36H,6,12,15-18,25-26H2,1-2H3;2-3,5H,4H2,1H3;1-2H3/b;3-2-;. The van der Waals surface area contributed by atoms with Gasteiger partial charge in [-0.05, 0) is 109 Å². The minimum absolute atomic E-state index is 0.163. The van der Waals surface area contributed by atoms with Crippen LogP contribution in [0, 0.1) is 0 Å². The first-order valence-electron chi connectivity index (χ1n) is 17.7. The zero-order valence-corrected chi connectivity index (χ0v) is 31.1. The van der Waals surface area contributed by atoms with E-state index in [4.69, 9.17) is 43.5 Å². The molecule has 1 unspecified atom stereocenters. The fourth-order valence-electron chi connectivity index (χ4n) is 4.43. The summed E-state index contributed by atoms with van der Waals surface area (Å²) in [5.74, 6) is 2.53. The maximum absolute atomic E-state index is 7.98. The summed E-state index contributed by atoms with van der Waals surface area (Å²) in [6, 6.07) is 21.5. The van der Waals surface area contributed by atoms with Gasteiger partial charge < -0.3 is 33.5 Å². The number of allylic oxidation sites excluding steroid dienone is 5. The minimum atomic E-state index is 0.163. The summed E-state index contributed by atoms with van der Waals surface area (Å²) in [5, 5.41) is 7.98. The van der Waals surface area contributed by atoms with Gasteiger partial charge in [0.1, 0.15) is 37.4 Å². The Morgan fingerprint density at radius 3 is 1.65 bits per heavy atom. The van der Waals surface area contributed by atoms with Crippen LogP contribution in [0.25, 0.3) is 0 Å². The van der Waals surface area contributed by atoms with Gasteiger partial charge in [0.05, 0.1) is 43.6 Å². The van der Waals surface area contributed by atoms with Crippen molar-refractivity contribution in [1.29, 1.82) is 0 Å². The molecule has 1 aliphatic carbocycles. The van der Waals surface area contributed by atoms with E-state index in [1.165, 1.54) is 0 Å². The molecule has 0 radical (unpaired) electrons. The lowest BCUT2D eigenvalue weighted by molar-refractivity contribution is 0.106. The second-order valence-corrected chi connectivity index (χ2v) is 11.2. The number of aliphatic imine (C=N–C) groups is 3. The number of rotatable bonds is 18. The number of aliphatic hydroxyl groups is 1. The lowest BCUT2D eigenvalue weighted by atomic mass is 10.1. The summed E-state index contributed by atoms with van der Waals surface area (Å²) in [5.41, 5.74) is 5.45. The lowest BCUT2D eigenvalue weighted by Crippen LogP contribution is -2.03. The zero-order chi connectivity index (χ0) is 37.2. The zero-order valence-electron chi connectivity index (χ0n) is 31.1. The first-order valence-corrected chi connectivity index (χ1v) is 17.7. The summed E-state index contributed by atoms with van der Waals surface area (Å²) in [6.45, 7) is 9.54. The Balaban J connectivity index is 0.000000959. The molecule has 1 saturated heterocycles. The van der Waals surface area contributed by atoms with Crippen molar-refractivity contribution in [3.05, 3.63) is 119 Å². The molecule has 1 heterocycles. The summed E-state index contributed by atoms with van der Waals surface area (Å²) < 4.78 is 32.4. The maximum atomic E-state index is 7.98. The highest BCUT2D eigenvalue weighted by atomic mass is 16.6. The van der Waals surface area contributed by atoms with E-state index < -0.39 is 0 Å². The topological polar surface area (TPSA) is 116 Å². The number of nitrogens with zero attached hydrogens (tertiary/aromatic N) is 3. The van der Waals surface area contributed by atoms with Crippen molar-refractivity contribution in [3.63, 3.8) is 0 Å². The van der Waals surface area contributed by atoms with Crippen molar-refractivity contribution < 1.29 is 33.5 Å². The summed E-state index contributed by atoms with van der Waals surface area (Å²) in [7, 11) is 3.32. The van der Waals surface area contributed by atoms with Gasteiger partial charge in [0.25, 0.3) is 0 Å². The number of epoxide rings is 1. The van der Waals surface area contributed by atoms with Crippen molar-refractivity contribution in [3.8, 4) is 11.5 Å². The molecule has 0 saturated carbocycles. The highest BCUT2D eigenvalue weighted by Crippen LogP contribution is 2.22. The van der Waals surface area contributed by atoms with Gasteiger partial charge in [-0.3, -0.25) is 15.0 Å². The van der Waals surface area contributed by atoms with Gasteiger partial charge in [0.2, 0.25) is 0 Å². The second kappa shape index (κ2) is 25.1. The number of aliphatic hydroxyl groups excluding tert-OH is 1. The molecule has 1 fully saturated rings. The van der Waals surface area contributed by atoms with Crippen LogP contribution < -0.4 is 9.47 Å². The number of ether oxygens (including phenoxy) is 6. The second-order valence-electron chi connectivity index (χ2n) is 11.2. The summed E-state index contributed by atoms with van der Waals surface area (Å²) in [4.78, 5) is 14.1. The van der Waals surface area contributed by atoms with E-state index in [2.05, 4.69) is 17.1 Å². The van der Waals surface area contributed by atoms with Crippen LogP contribution in [0.15, 0.2) is 117 Å². The Hall–Kier alpha value is -4.87. The van der Waals surface area contributed by atoms with Crippen LogP contribution in [0.4, 0.5) is 11.4 Å². The van der Waals surface area contributed by atoms with Gasteiger partial charge in [-0.1, -0.05) is 26.0 Å². The Bertz CT molecular complexity index is 1620. The average molecular weight is 712 g/mol. The molecular formula is C42H53N3O7. The highest BCUT2D eigenvalue weighted by Gasteiger charge is 2.22. The van der Waals surface area contributed by atoms with Gasteiger partial charge in [-0.25, -0.2) is 0 Å². The minimum Gasteiger partial charge on any atom is -0.496 e. The third kappa shape index (κ3) is 16.9. The molecule has 0 amide bonds. The fourth-order valence-corrected chi connectivity index (χ4v) is 4.43. The Kier molecular flexibility index (Phi) is 20.1. The van der Waals surface area contributed by atoms with E-state index in [9.17, 15) is 0 Å². The van der Waals surface area contributed by atoms with E-state index >= 15 is 0 Å². The predicted octanol–water partition coefficient (Wildman–Crippen LogP) is 8.22. The number of methoxy groups -OCH3 is 2. The molecule has 3 aromatic carbocycles. The summed E-state index contributed by atoms with van der Waals surface area (Å²) >= 11 is 0. The van der Waals surface area contributed by atoms with Crippen LogP contribution in [0.3, 0.4) is 0 Å². The van der Waals surface area contributed by atoms with Crippen LogP contribution in [0.1, 0.15) is 50.3 Å². The van der Waals surface area contributed by atoms with E-state index in [-0.39, 0.29) is 12.7 Å². The number of hydrogen-bond acceptors (Lipinski definition) is 10. The van der Waals surface area contributed by atoms with Crippen molar-refractivity contribution >= 4 is 30.0 Å². The van der Waals surface area contributed by atoms with Gasteiger partial charge in [0, 0.05) is 45.0 Å². The van der Waals surface area contributed by atoms with Crippen molar-refractivity contribution in [2.75, 3.05) is 60.5 Å². The van der Waals surface area contributed by atoms with Crippen LogP contribution >= 0.6 is 0 Å². The predicted molar refractivity (Wildman–Crippen MR) is 211 cm³/mol.